The average molecular weight is 360 g/mol. The van der Waals surface area contributed by atoms with Crippen molar-refractivity contribution in [3.8, 4) is 0 Å². The molecule has 4 heteroatoms. The maximum atomic E-state index is 12.7. The van der Waals surface area contributed by atoms with Gasteiger partial charge in [-0.2, -0.15) is 0 Å². The van der Waals surface area contributed by atoms with E-state index in [4.69, 9.17) is 9.47 Å². The molecule has 2 aliphatic carbocycles. The molecule has 0 aromatic rings. The minimum atomic E-state index is -0.597. The van der Waals surface area contributed by atoms with Crippen LogP contribution in [0.3, 0.4) is 0 Å². The molecule has 0 bridgehead atoms. The van der Waals surface area contributed by atoms with Gasteiger partial charge in [-0.1, -0.05) is 32.1 Å². The fraction of sp³-hybridized carbons (Fsp3) is 0.636. The Morgan fingerprint density at radius 2 is 2.15 bits per heavy atom. The number of hydrogen-bond donors (Lipinski definition) is 0. The molecule has 0 heterocycles. The number of carbonyl (C=O) groups is 2. The largest absolute Gasteiger partial charge is 0.359 e. The van der Waals surface area contributed by atoms with Crippen LogP contribution in [0.5, 0.6) is 0 Å². The molecule has 0 spiro atoms. The van der Waals surface area contributed by atoms with Gasteiger partial charge < -0.3 is 14.3 Å². The lowest BCUT2D eigenvalue weighted by atomic mass is 9.61. The zero-order valence-corrected chi connectivity index (χ0v) is 16.6. The summed E-state index contributed by atoms with van der Waals surface area (Å²) in [7, 11) is 1.57. The lowest BCUT2D eigenvalue weighted by molar-refractivity contribution is -0.117. The number of Topliss-reactive ketones (excluding diaryl/α,β-unsaturated/α-hetero) is 1. The highest BCUT2D eigenvalue weighted by atomic mass is 16.7. The number of fused-ring (bicyclic) bond motifs is 1. The number of ether oxygens (including phenoxy) is 2. The summed E-state index contributed by atoms with van der Waals surface area (Å²) in [5.41, 5.74) is 2.04. The third-order valence-electron chi connectivity index (χ3n) is 6.55. The van der Waals surface area contributed by atoms with Crippen LogP contribution in [0.2, 0.25) is 0 Å². The first kappa shape index (κ1) is 20.8. The number of carbonyl (C=O) groups excluding carboxylic acids is 2. The zero-order chi connectivity index (χ0) is 19.5. The Kier molecular flexibility index (Phi) is 6.41. The minimum absolute atomic E-state index is 0.102. The maximum absolute atomic E-state index is 12.7. The van der Waals surface area contributed by atoms with Gasteiger partial charge in [0.05, 0.1) is 6.10 Å². The summed E-state index contributed by atoms with van der Waals surface area (Å²) in [6.45, 7) is 14.7. The summed E-state index contributed by atoms with van der Waals surface area (Å²) in [5.74, 6) is 0.642. The van der Waals surface area contributed by atoms with Crippen LogP contribution in [-0.4, -0.2) is 32.1 Å². The van der Waals surface area contributed by atoms with Crippen LogP contribution in [0.15, 0.2) is 36.0 Å². The van der Waals surface area contributed by atoms with Crippen LogP contribution >= 0.6 is 0 Å². The zero-order valence-electron chi connectivity index (χ0n) is 16.6. The highest BCUT2D eigenvalue weighted by Gasteiger charge is 2.52. The van der Waals surface area contributed by atoms with E-state index in [2.05, 4.69) is 27.0 Å². The standard InChI is InChI=1S/C22H32O4/c1-7-21(5,12-13-23)20(26-14-25-6)17(4)22-10-8-15(2)16(3)19(22)18(24)9-11-22/h7,13,15,20H,1,4,8-12,14H2,2-3,5-6H3. The van der Waals surface area contributed by atoms with Crippen molar-refractivity contribution < 1.29 is 19.1 Å². The first-order valence-corrected chi connectivity index (χ1v) is 9.39. The molecule has 1 saturated carbocycles. The van der Waals surface area contributed by atoms with E-state index in [0.717, 1.165) is 36.7 Å². The lowest BCUT2D eigenvalue weighted by Crippen LogP contribution is -2.43. The van der Waals surface area contributed by atoms with E-state index in [1.807, 2.05) is 6.92 Å². The fourth-order valence-corrected chi connectivity index (χ4v) is 4.65. The number of aldehydes is 1. The van der Waals surface area contributed by atoms with E-state index >= 15 is 0 Å². The van der Waals surface area contributed by atoms with Crippen molar-refractivity contribution >= 4 is 12.1 Å². The number of ketones is 1. The van der Waals surface area contributed by atoms with Crippen LogP contribution in [0.4, 0.5) is 0 Å². The van der Waals surface area contributed by atoms with E-state index in [9.17, 15) is 9.59 Å². The molecule has 0 aliphatic heterocycles. The van der Waals surface area contributed by atoms with Gasteiger partial charge in [0.2, 0.25) is 0 Å². The first-order chi connectivity index (χ1) is 12.3. The summed E-state index contributed by atoms with van der Waals surface area (Å²) >= 11 is 0. The number of hydrogen-bond acceptors (Lipinski definition) is 4. The molecular weight excluding hydrogens is 328 g/mol. The quantitative estimate of drug-likeness (QED) is 0.347. The summed E-state index contributed by atoms with van der Waals surface area (Å²) in [4.78, 5) is 24.0. The second-order valence-corrected chi connectivity index (χ2v) is 8.06. The van der Waals surface area contributed by atoms with Crippen molar-refractivity contribution in [3.63, 3.8) is 0 Å². The van der Waals surface area contributed by atoms with Gasteiger partial charge in [0.25, 0.3) is 0 Å². The van der Waals surface area contributed by atoms with Gasteiger partial charge in [0.1, 0.15) is 13.1 Å². The lowest BCUT2D eigenvalue weighted by Gasteiger charge is -2.45. The monoisotopic (exact) mass is 360 g/mol. The molecule has 2 rings (SSSR count). The number of allylic oxidation sites excluding steroid dienone is 2. The van der Waals surface area contributed by atoms with Gasteiger partial charge in [0, 0.05) is 36.4 Å². The highest BCUT2D eigenvalue weighted by Crippen LogP contribution is 2.57. The van der Waals surface area contributed by atoms with Gasteiger partial charge in [-0.25, -0.2) is 0 Å². The molecule has 4 nitrogen and oxygen atoms in total. The molecule has 0 aromatic carbocycles. The van der Waals surface area contributed by atoms with Crippen LogP contribution in [-0.2, 0) is 19.1 Å². The Bertz CT molecular complexity index is 632. The van der Waals surface area contributed by atoms with Crippen molar-refractivity contribution in [3.05, 3.63) is 36.0 Å². The van der Waals surface area contributed by atoms with Crippen molar-refractivity contribution in [1.82, 2.24) is 0 Å². The molecule has 0 saturated heterocycles. The number of methoxy groups -OCH3 is 1. The molecule has 4 atom stereocenters. The summed E-state index contributed by atoms with van der Waals surface area (Å²) in [5, 5.41) is 0. The summed E-state index contributed by atoms with van der Waals surface area (Å²) in [6.07, 6.45) is 5.74. The maximum Gasteiger partial charge on any atom is 0.159 e. The Balaban J connectivity index is 2.52. The van der Waals surface area contributed by atoms with Crippen LogP contribution in [0, 0.1) is 16.7 Å². The summed E-state index contributed by atoms with van der Waals surface area (Å²) < 4.78 is 11.2. The molecule has 1 fully saturated rings. The normalized spacial score (nSPS) is 29.1. The Hall–Kier alpha value is -1.52. The summed E-state index contributed by atoms with van der Waals surface area (Å²) in [6, 6.07) is 0. The Labute approximate surface area is 157 Å². The van der Waals surface area contributed by atoms with Gasteiger partial charge in [-0.05, 0) is 37.7 Å². The Morgan fingerprint density at radius 1 is 1.46 bits per heavy atom. The van der Waals surface area contributed by atoms with E-state index in [1.54, 1.807) is 13.2 Å². The second kappa shape index (κ2) is 8.01. The van der Waals surface area contributed by atoms with Crippen molar-refractivity contribution in [2.75, 3.05) is 13.9 Å². The van der Waals surface area contributed by atoms with Crippen LogP contribution in [0.25, 0.3) is 0 Å². The van der Waals surface area contributed by atoms with E-state index in [1.165, 1.54) is 5.57 Å². The predicted octanol–water partition coefficient (Wildman–Crippen LogP) is 4.41. The smallest absolute Gasteiger partial charge is 0.159 e. The molecule has 0 radical (unpaired) electrons. The molecule has 144 valence electrons. The Morgan fingerprint density at radius 3 is 2.73 bits per heavy atom. The van der Waals surface area contributed by atoms with E-state index < -0.39 is 11.5 Å². The SMILES string of the molecule is C=CC(C)(CC=O)C(OCOC)C(=C)C12CCC(=O)C1=C(C)C(C)CC2. The predicted molar refractivity (Wildman–Crippen MR) is 103 cm³/mol. The molecule has 2 aliphatic rings. The molecule has 0 aromatic heterocycles. The molecule has 0 amide bonds. The second-order valence-electron chi connectivity index (χ2n) is 8.06. The van der Waals surface area contributed by atoms with Crippen molar-refractivity contribution in [2.45, 2.75) is 59.0 Å². The van der Waals surface area contributed by atoms with Crippen LogP contribution < -0.4 is 0 Å². The van der Waals surface area contributed by atoms with Gasteiger partial charge >= 0.3 is 0 Å². The van der Waals surface area contributed by atoms with E-state index in [-0.39, 0.29) is 24.4 Å². The third kappa shape index (κ3) is 3.37. The molecule has 26 heavy (non-hydrogen) atoms. The van der Waals surface area contributed by atoms with Crippen molar-refractivity contribution in [2.24, 2.45) is 16.7 Å². The number of rotatable bonds is 9. The fourth-order valence-electron chi connectivity index (χ4n) is 4.65. The molecule has 4 unspecified atom stereocenters. The third-order valence-corrected chi connectivity index (χ3v) is 6.55. The minimum Gasteiger partial charge on any atom is -0.359 e. The topological polar surface area (TPSA) is 52.6 Å². The van der Waals surface area contributed by atoms with Crippen LogP contribution in [0.1, 0.15) is 52.9 Å². The molecular formula is C22H32O4. The highest BCUT2D eigenvalue weighted by molar-refractivity contribution is 6.01. The van der Waals surface area contributed by atoms with Gasteiger partial charge in [-0.3, -0.25) is 4.79 Å². The van der Waals surface area contributed by atoms with Gasteiger partial charge in [-0.15, -0.1) is 6.58 Å². The average Bonchev–Trinajstić information content (AvgIpc) is 2.97. The van der Waals surface area contributed by atoms with E-state index in [0.29, 0.717) is 12.3 Å². The first-order valence-electron chi connectivity index (χ1n) is 9.39. The van der Waals surface area contributed by atoms with Crippen molar-refractivity contribution in [1.29, 1.82) is 0 Å². The van der Waals surface area contributed by atoms with Gasteiger partial charge in [0.15, 0.2) is 5.78 Å². The molecule has 0 N–H and O–H groups in total.